The van der Waals surface area contributed by atoms with Gasteiger partial charge in [0.1, 0.15) is 12.4 Å². The van der Waals surface area contributed by atoms with E-state index in [1.54, 1.807) is 0 Å². The van der Waals surface area contributed by atoms with Crippen LogP contribution in [0.15, 0.2) is 54.6 Å². The lowest BCUT2D eigenvalue weighted by Gasteiger charge is -2.41. The highest BCUT2D eigenvalue weighted by Gasteiger charge is 2.44. The van der Waals surface area contributed by atoms with Crippen molar-refractivity contribution >= 4 is 5.78 Å². The minimum atomic E-state index is 0.175. The molecule has 2 bridgehead atoms. The molecule has 3 fully saturated rings. The molecule has 3 aliphatic heterocycles. The SMILES string of the molecule is O=C1C2CC[NH+](CC2)[C@@H]1Cc1ccc(OCc2ccccc2)cc1. The zero-order chi connectivity index (χ0) is 16.4. The van der Waals surface area contributed by atoms with E-state index < -0.39 is 0 Å². The molecule has 0 unspecified atom stereocenters. The first-order valence-electron chi connectivity index (χ1n) is 8.93. The summed E-state index contributed by atoms with van der Waals surface area (Å²) in [7, 11) is 0. The summed E-state index contributed by atoms with van der Waals surface area (Å²) in [5.41, 5.74) is 2.40. The molecule has 2 aromatic rings. The number of ether oxygens (including phenoxy) is 1. The molecule has 2 aromatic carbocycles. The molecular weight excluding hydrogens is 298 g/mol. The Kier molecular flexibility index (Phi) is 4.35. The van der Waals surface area contributed by atoms with Crippen molar-refractivity contribution in [3.8, 4) is 5.75 Å². The smallest absolute Gasteiger partial charge is 0.193 e. The molecule has 3 heteroatoms. The number of carbonyl (C=O) groups is 1. The van der Waals surface area contributed by atoms with Crippen LogP contribution in [0, 0.1) is 5.92 Å². The number of ketones is 1. The van der Waals surface area contributed by atoms with Gasteiger partial charge < -0.3 is 9.64 Å². The van der Waals surface area contributed by atoms with Gasteiger partial charge in [-0.05, 0) is 23.3 Å². The van der Waals surface area contributed by atoms with Crippen molar-refractivity contribution < 1.29 is 14.4 Å². The third-order valence-electron chi connectivity index (χ3n) is 5.48. The lowest BCUT2D eigenvalue weighted by molar-refractivity contribution is -0.927. The summed E-state index contributed by atoms with van der Waals surface area (Å²) in [5.74, 6) is 1.71. The molecule has 1 atom stereocenters. The van der Waals surface area contributed by atoms with Crippen LogP contribution in [-0.2, 0) is 17.8 Å². The van der Waals surface area contributed by atoms with Gasteiger partial charge in [0.25, 0.3) is 0 Å². The first-order chi connectivity index (χ1) is 11.8. The highest BCUT2D eigenvalue weighted by atomic mass is 16.5. The second-order valence-electron chi connectivity index (χ2n) is 7.01. The lowest BCUT2D eigenvalue weighted by Crippen LogP contribution is -3.20. The number of rotatable bonds is 5. The second kappa shape index (κ2) is 6.78. The maximum Gasteiger partial charge on any atom is 0.193 e. The maximum atomic E-state index is 12.5. The molecule has 0 saturated carbocycles. The number of Topliss-reactive ketones (excluding diaryl/α,β-unsaturated/α-hetero) is 1. The molecule has 3 saturated heterocycles. The minimum absolute atomic E-state index is 0.175. The van der Waals surface area contributed by atoms with E-state index in [0.29, 0.717) is 18.3 Å². The van der Waals surface area contributed by atoms with Gasteiger partial charge in [0, 0.05) is 25.2 Å². The fraction of sp³-hybridized carbons (Fsp3) is 0.381. The summed E-state index contributed by atoms with van der Waals surface area (Å²) >= 11 is 0. The van der Waals surface area contributed by atoms with Crippen LogP contribution in [0.25, 0.3) is 0 Å². The van der Waals surface area contributed by atoms with E-state index in [1.807, 2.05) is 30.3 Å². The molecule has 3 heterocycles. The summed E-state index contributed by atoms with van der Waals surface area (Å²) in [6.07, 6.45) is 3.05. The number of fused-ring (bicyclic) bond motifs is 3. The predicted octanol–water partition coefficient (Wildman–Crippen LogP) is 2.05. The molecule has 0 aliphatic carbocycles. The van der Waals surface area contributed by atoms with Gasteiger partial charge in [-0.25, -0.2) is 0 Å². The first-order valence-corrected chi connectivity index (χ1v) is 8.93. The fourth-order valence-corrected chi connectivity index (χ4v) is 4.05. The number of hydrogen-bond acceptors (Lipinski definition) is 2. The van der Waals surface area contributed by atoms with Gasteiger partial charge in [-0.15, -0.1) is 0 Å². The lowest BCUT2D eigenvalue weighted by atomic mass is 9.80. The molecular formula is C21H24NO2+. The number of nitrogens with one attached hydrogen (secondary N) is 1. The van der Waals surface area contributed by atoms with Gasteiger partial charge in [0.2, 0.25) is 0 Å². The maximum absolute atomic E-state index is 12.5. The first kappa shape index (κ1) is 15.4. The molecule has 0 radical (unpaired) electrons. The number of carbonyl (C=O) groups excluding carboxylic acids is 1. The predicted molar refractivity (Wildman–Crippen MR) is 93.1 cm³/mol. The molecule has 0 amide bonds. The van der Waals surface area contributed by atoms with Crippen LogP contribution >= 0.6 is 0 Å². The Balaban J connectivity index is 1.36. The van der Waals surface area contributed by atoms with Crippen molar-refractivity contribution in [3.63, 3.8) is 0 Å². The molecule has 3 nitrogen and oxygen atoms in total. The average Bonchev–Trinajstić information content (AvgIpc) is 2.65. The molecule has 3 aliphatic rings. The summed E-state index contributed by atoms with van der Waals surface area (Å²) in [4.78, 5) is 14.0. The van der Waals surface area contributed by atoms with Gasteiger partial charge in [0.05, 0.1) is 13.1 Å². The Morgan fingerprint density at radius 2 is 1.62 bits per heavy atom. The van der Waals surface area contributed by atoms with Gasteiger partial charge in [-0.1, -0.05) is 42.5 Å². The molecule has 124 valence electrons. The third kappa shape index (κ3) is 3.22. The van der Waals surface area contributed by atoms with E-state index in [9.17, 15) is 4.79 Å². The minimum Gasteiger partial charge on any atom is -0.489 e. The van der Waals surface area contributed by atoms with E-state index in [2.05, 4.69) is 24.3 Å². The van der Waals surface area contributed by atoms with Crippen LogP contribution in [0.2, 0.25) is 0 Å². The van der Waals surface area contributed by atoms with Gasteiger partial charge >= 0.3 is 0 Å². The summed E-state index contributed by atoms with van der Waals surface area (Å²) in [5, 5.41) is 0. The Morgan fingerprint density at radius 3 is 2.29 bits per heavy atom. The normalized spacial score (nSPS) is 25.7. The van der Waals surface area contributed by atoms with Crippen LogP contribution in [0.3, 0.4) is 0 Å². The van der Waals surface area contributed by atoms with Crippen molar-refractivity contribution in [2.45, 2.75) is 31.9 Å². The van der Waals surface area contributed by atoms with Crippen LogP contribution in [0.5, 0.6) is 5.75 Å². The highest BCUT2D eigenvalue weighted by molar-refractivity contribution is 5.86. The van der Waals surface area contributed by atoms with Crippen molar-refractivity contribution in [2.24, 2.45) is 5.92 Å². The van der Waals surface area contributed by atoms with Gasteiger partial charge in [-0.2, -0.15) is 0 Å². The average molecular weight is 322 g/mol. The zero-order valence-electron chi connectivity index (χ0n) is 13.9. The van der Waals surface area contributed by atoms with Crippen molar-refractivity contribution in [3.05, 3.63) is 65.7 Å². The van der Waals surface area contributed by atoms with E-state index in [-0.39, 0.29) is 6.04 Å². The Morgan fingerprint density at radius 1 is 0.917 bits per heavy atom. The largest absolute Gasteiger partial charge is 0.489 e. The molecule has 0 aromatic heterocycles. The number of benzene rings is 2. The quantitative estimate of drug-likeness (QED) is 0.913. The van der Waals surface area contributed by atoms with E-state index in [0.717, 1.165) is 25.0 Å². The Labute approximate surface area is 143 Å². The third-order valence-corrected chi connectivity index (χ3v) is 5.48. The van der Waals surface area contributed by atoms with Crippen molar-refractivity contribution in [1.82, 2.24) is 0 Å². The van der Waals surface area contributed by atoms with E-state index >= 15 is 0 Å². The standard InChI is InChI=1S/C21H23NO2/c23-21-18-10-12-22(13-11-18)20(21)14-16-6-8-19(9-7-16)24-15-17-4-2-1-3-5-17/h1-9,18,20H,10-15H2/p+1/t20-/m1/s1. The van der Waals surface area contributed by atoms with Gasteiger partial charge in [0.15, 0.2) is 11.8 Å². The fourth-order valence-electron chi connectivity index (χ4n) is 4.05. The summed E-state index contributed by atoms with van der Waals surface area (Å²) in [6, 6.07) is 18.6. The zero-order valence-corrected chi connectivity index (χ0v) is 13.9. The Hall–Kier alpha value is -2.13. The van der Waals surface area contributed by atoms with Gasteiger partial charge in [-0.3, -0.25) is 4.79 Å². The van der Waals surface area contributed by atoms with Crippen LogP contribution in [-0.4, -0.2) is 24.9 Å². The molecule has 1 N–H and O–H groups in total. The monoisotopic (exact) mass is 322 g/mol. The van der Waals surface area contributed by atoms with Crippen LogP contribution < -0.4 is 9.64 Å². The Bertz CT molecular complexity index is 688. The van der Waals surface area contributed by atoms with Crippen LogP contribution in [0.1, 0.15) is 24.0 Å². The van der Waals surface area contributed by atoms with E-state index in [1.165, 1.54) is 29.1 Å². The molecule has 5 rings (SSSR count). The summed E-state index contributed by atoms with van der Waals surface area (Å²) in [6.45, 7) is 2.92. The topological polar surface area (TPSA) is 30.7 Å². The molecule has 24 heavy (non-hydrogen) atoms. The highest BCUT2D eigenvalue weighted by Crippen LogP contribution is 2.21. The van der Waals surface area contributed by atoms with Crippen molar-refractivity contribution in [2.75, 3.05) is 13.1 Å². The number of piperidine rings is 3. The van der Waals surface area contributed by atoms with Crippen LogP contribution in [0.4, 0.5) is 0 Å². The number of hydrogen-bond donors (Lipinski definition) is 1. The van der Waals surface area contributed by atoms with Crippen molar-refractivity contribution in [1.29, 1.82) is 0 Å². The summed E-state index contributed by atoms with van der Waals surface area (Å²) < 4.78 is 5.84. The second-order valence-corrected chi connectivity index (χ2v) is 7.01. The molecule has 0 spiro atoms. The van der Waals surface area contributed by atoms with E-state index in [4.69, 9.17) is 4.74 Å². The number of quaternary nitrogens is 1.